The smallest absolute Gasteiger partial charge is 0.345 e. The summed E-state index contributed by atoms with van der Waals surface area (Å²) in [7, 11) is 0. The van der Waals surface area contributed by atoms with Gasteiger partial charge in [-0.2, -0.15) is 0 Å². The van der Waals surface area contributed by atoms with Gasteiger partial charge >= 0.3 is 5.97 Å². The molecule has 0 saturated heterocycles. The molecule has 94 valence electrons. The fourth-order valence-electron chi connectivity index (χ4n) is 1.20. The van der Waals surface area contributed by atoms with E-state index in [2.05, 4.69) is 20.3 Å². The van der Waals surface area contributed by atoms with E-state index in [1.165, 1.54) is 17.5 Å². The Kier molecular flexibility index (Phi) is 3.68. The summed E-state index contributed by atoms with van der Waals surface area (Å²) >= 11 is 1.37. The average Bonchev–Trinajstić information content (AvgIpc) is 2.82. The SMILES string of the molecule is CCOC(=O)c1cnc(Nc2nccs2)[nH]c1=O. The number of nitrogens with zero attached hydrogens (tertiary/aromatic N) is 2. The Bertz CT molecular complexity index is 593. The Labute approximate surface area is 106 Å². The molecule has 0 saturated carbocycles. The van der Waals surface area contributed by atoms with Crippen LogP contribution in [0.5, 0.6) is 0 Å². The van der Waals surface area contributed by atoms with Gasteiger partial charge < -0.3 is 10.1 Å². The minimum atomic E-state index is -0.688. The number of ether oxygens (including phenoxy) is 1. The zero-order chi connectivity index (χ0) is 13.0. The molecule has 0 aliphatic heterocycles. The van der Waals surface area contributed by atoms with Crippen molar-refractivity contribution in [2.45, 2.75) is 6.92 Å². The molecule has 2 rings (SSSR count). The first-order chi connectivity index (χ1) is 8.70. The highest BCUT2D eigenvalue weighted by molar-refractivity contribution is 7.13. The summed E-state index contributed by atoms with van der Waals surface area (Å²) in [6, 6.07) is 0. The maximum Gasteiger partial charge on any atom is 0.345 e. The summed E-state index contributed by atoms with van der Waals surface area (Å²) in [5, 5.41) is 5.20. The van der Waals surface area contributed by atoms with Gasteiger partial charge in [0, 0.05) is 11.6 Å². The Morgan fingerprint density at radius 1 is 1.56 bits per heavy atom. The Hall–Kier alpha value is -2.22. The number of anilines is 2. The van der Waals surface area contributed by atoms with Gasteiger partial charge in [-0.3, -0.25) is 9.78 Å². The van der Waals surface area contributed by atoms with Crippen molar-refractivity contribution in [1.82, 2.24) is 15.0 Å². The number of carbonyl (C=O) groups is 1. The summed E-state index contributed by atoms with van der Waals surface area (Å²) in [5.41, 5.74) is -0.677. The molecule has 2 aromatic heterocycles. The van der Waals surface area contributed by atoms with Gasteiger partial charge in [-0.05, 0) is 6.92 Å². The highest BCUT2D eigenvalue weighted by Gasteiger charge is 2.12. The third-order valence-corrected chi connectivity index (χ3v) is 2.64. The second-order valence-electron chi connectivity index (χ2n) is 3.16. The maximum atomic E-state index is 11.6. The van der Waals surface area contributed by atoms with E-state index in [1.54, 1.807) is 18.5 Å². The fourth-order valence-corrected chi connectivity index (χ4v) is 1.73. The normalized spacial score (nSPS) is 10.1. The molecule has 0 aliphatic carbocycles. The molecule has 2 aromatic rings. The number of esters is 1. The summed E-state index contributed by atoms with van der Waals surface area (Å²) < 4.78 is 4.72. The van der Waals surface area contributed by atoms with Crippen LogP contribution in [0.25, 0.3) is 0 Å². The van der Waals surface area contributed by atoms with Gasteiger partial charge in [0.25, 0.3) is 5.56 Å². The Morgan fingerprint density at radius 2 is 2.39 bits per heavy atom. The number of thiazole rings is 1. The Balaban J connectivity index is 2.20. The lowest BCUT2D eigenvalue weighted by molar-refractivity contribution is 0.0524. The number of H-pyrrole nitrogens is 1. The third-order valence-electron chi connectivity index (χ3n) is 1.95. The van der Waals surface area contributed by atoms with Gasteiger partial charge in [0.05, 0.1) is 12.8 Å². The minimum Gasteiger partial charge on any atom is -0.462 e. The van der Waals surface area contributed by atoms with E-state index in [0.29, 0.717) is 5.13 Å². The van der Waals surface area contributed by atoms with Crippen molar-refractivity contribution in [3.05, 3.63) is 33.7 Å². The van der Waals surface area contributed by atoms with E-state index >= 15 is 0 Å². The number of nitrogens with one attached hydrogen (secondary N) is 2. The van der Waals surface area contributed by atoms with Crippen LogP contribution in [0.3, 0.4) is 0 Å². The summed E-state index contributed by atoms with van der Waals surface area (Å²) in [6.45, 7) is 1.87. The van der Waals surface area contributed by atoms with Crippen LogP contribution in [0.2, 0.25) is 0 Å². The zero-order valence-corrected chi connectivity index (χ0v) is 10.3. The van der Waals surface area contributed by atoms with E-state index in [1.807, 2.05) is 0 Å². The molecule has 0 aromatic carbocycles. The van der Waals surface area contributed by atoms with Crippen molar-refractivity contribution in [2.24, 2.45) is 0 Å². The van der Waals surface area contributed by atoms with E-state index in [-0.39, 0.29) is 18.1 Å². The molecule has 0 unspecified atom stereocenters. The number of aromatic nitrogens is 3. The van der Waals surface area contributed by atoms with Crippen LogP contribution >= 0.6 is 11.3 Å². The number of hydrogen-bond donors (Lipinski definition) is 2. The lowest BCUT2D eigenvalue weighted by Crippen LogP contribution is -2.21. The molecule has 2 N–H and O–H groups in total. The molecular weight excluding hydrogens is 256 g/mol. The number of hydrogen-bond acceptors (Lipinski definition) is 7. The molecular formula is C10H10N4O3S. The van der Waals surface area contributed by atoms with Crippen LogP contribution in [0, 0.1) is 0 Å². The summed E-state index contributed by atoms with van der Waals surface area (Å²) in [5.74, 6) is -0.463. The predicted octanol–water partition coefficient (Wildman–Crippen LogP) is 1.15. The van der Waals surface area contributed by atoms with Crippen molar-refractivity contribution < 1.29 is 9.53 Å². The van der Waals surface area contributed by atoms with Gasteiger partial charge in [0.2, 0.25) is 5.95 Å². The van der Waals surface area contributed by atoms with Crippen LogP contribution in [0.1, 0.15) is 17.3 Å². The summed E-state index contributed by atoms with van der Waals surface area (Å²) in [6.07, 6.45) is 2.80. The number of carbonyl (C=O) groups excluding carboxylic acids is 1. The monoisotopic (exact) mass is 266 g/mol. The number of rotatable bonds is 4. The first-order valence-corrected chi connectivity index (χ1v) is 6.01. The van der Waals surface area contributed by atoms with Gasteiger partial charge in [-0.1, -0.05) is 0 Å². The van der Waals surface area contributed by atoms with Gasteiger partial charge in [0.15, 0.2) is 5.13 Å². The molecule has 0 bridgehead atoms. The maximum absolute atomic E-state index is 11.6. The molecule has 2 heterocycles. The number of aromatic amines is 1. The fraction of sp³-hybridized carbons (Fsp3) is 0.200. The largest absolute Gasteiger partial charge is 0.462 e. The molecule has 18 heavy (non-hydrogen) atoms. The second kappa shape index (κ2) is 5.41. The predicted molar refractivity (Wildman–Crippen MR) is 66.2 cm³/mol. The van der Waals surface area contributed by atoms with Gasteiger partial charge in [-0.25, -0.2) is 14.8 Å². The topological polar surface area (TPSA) is 97.0 Å². The molecule has 0 spiro atoms. The minimum absolute atomic E-state index is 0.124. The van der Waals surface area contributed by atoms with Gasteiger partial charge in [0.1, 0.15) is 5.56 Å². The lowest BCUT2D eigenvalue weighted by Gasteiger charge is -2.03. The first kappa shape index (κ1) is 12.2. The third kappa shape index (κ3) is 2.72. The van der Waals surface area contributed by atoms with E-state index < -0.39 is 11.5 Å². The molecule has 0 aliphatic rings. The molecule has 8 heteroatoms. The van der Waals surface area contributed by atoms with Crippen LogP contribution in [-0.4, -0.2) is 27.5 Å². The van der Waals surface area contributed by atoms with Crippen molar-refractivity contribution >= 4 is 28.4 Å². The standard InChI is InChI=1S/C10H10N4O3S/c1-2-17-8(16)6-5-12-9(13-7(6)15)14-10-11-3-4-18-10/h3-5H,2H2,1H3,(H2,11,12,13,14,15). The highest BCUT2D eigenvalue weighted by Crippen LogP contribution is 2.14. The van der Waals surface area contributed by atoms with Crippen LogP contribution in [-0.2, 0) is 4.74 Å². The van der Waals surface area contributed by atoms with Crippen molar-refractivity contribution in [3.8, 4) is 0 Å². The molecule has 0 fully saturated rings. The van der Waals surface area contributed by atoms with E-state index in [0.717, 1.165) is 0 Å². The second-order valence-corrected chi connectivity index (χ2v) is 4.05. The van der Waals surface area contributed by atoms with Crippen LogP contribution < -0.4 is 10.9 Å². The zero-order valence-electron chi connectivity index (χ0n) is 9.47. The summed E-state index contributed by atoms with van der Waals surface area (Å²) in [4.78, 5) is 33.4. The van der Waals surface area contributed by atoms with E-state index in [9.17, 15) is 9.59 Å². The van der Waals surface area contributed by atoms with Crippen molar-refractivity contribution in [2.75, 3.05) is 11.9 Å². The molecule has 7 nitrogen and oxygen atoms in total. The molecule has 0 amide bonds. The lowest BCUT2D eigenvalue weighted by atomic mass is 10.3. The van der Waals surface area contributed by atoms with Crippen molar-refractivity contribution in [1.29, 1.82) is 0 Å². The quantitative estimate of drug-likeness (QED) is 0.806. The highest BCUT2D eigenvalue weighted by atomic mass is 32.1. The average molecular weight is 266 g/mol. The van der Waals surface area contributed by atoms with E-state index in [4.69, 9.17) is 4.74 Å². The van der Waals surface area contributed by atoms with Crippen molar-refractivity contribution in [3.63, 3.8) is 0 Å². The Morgan fingerprint density at radius 3 is 3.00 bits per heavy atom. The van der Waals surface area contributed by atoms with Crippen LogP contribution in [0.4, 0.5) is 11.1 Å². The first-order valence-electron chi connectivity index (χ1n) is 5.13. The molecule has 0 atom stereocenters. The van der Waals surface area contributed by atoms with Crippen LogP contribution in [0.15, 0.2) is 22.6 Å². The van der Waals surface area contributed by atoms with Gasteiger partial charge in [-0.15, -0.1) is 11.3 Å². The molecule has 0 radical (unpaired) electrons.